The Kier molecular flexibility index (Phi) is 4.12. The van der Waals surface area contributed by atoms with Crippen LogP contribution in [0.3, 0.4) is 0 Å². The van der Waals surface area contributed by atoms with Gasteiger partial charge in [-0.05, 0) is 59.0 Å². The molecule has 1 fully saturated rings. The second kappa shape index (κ2) is 6.77. The van der Waals surface area contributed by atoms with E-state index in [2.05, 4.69) is 58.9 Å². The van der Waals surface area contributed by atoms with Crippen LogP contribution in [0.5, 0.6) is 0 Å². The van der Waals surface area contributed by atoms with Crippen molar-refractivity contribution < 1.29 is 0 Å². The van der Waals surface area contributed by atoms with Crippen molar-refractivity contribution in [3.8, 4) is 11.3 Å². The zero-order valence-electron chi connectivity index (χ0n) is 14.6. The average molecular weight is 424 g/mol. The van der Waals surface area contributed by atoms with Gasteiger partial charge in [-0.25, -0.2) is 4.68 Å². The minimum absolute atomic E-state index is 0.640. The van der Waals surface area contributed by atoms with Gasteiger partial charge >= 0.3 is 0 Å². The van der Waals surface area contributed by atoms with Gasteiger partial charge in [-0.15, -0.1) is 5.10 Å². The first-order chi connectivity index (χ1) is 13.3. The monoisotopic (exact) mass is 423 g/mol. The Labute approximate surface area is 164 Å². The minimum atomic E-state index is 0.640. The van der Waals surface area contributed by atoms with E-state index < -0.39 is 0 Å². The predicted octanol–water partition coefficient (Wildman–Crippen LogP) is 4.00. The molecular weight excluding hydrogens is 406 g/mol. The Bertz CT molecular complexity index is 1080. The Morgan fingerprint density at radius 1 is 1.22 bits per heavy atom. The van der Waals surface area contributed by atoms with Crippen molar-refractivity contribution >= 4 is 32.7 Å². The first-order valence-electron chi connectivity index (χ1n) is 8.98. The van der Waals surface area contributed by atoms with Crippen LogP contribution in [0.15, 0.2) is 47.3 Å². The fourth-order valence-electron chi connectivity index (χ4n) is 3.22. The van der Waals surface area contributed by atoms with Gasteiger partial charge in [0.05, 0.1) is 27.6 Å². The molecule has 0 atom stereocenters. The van der Waals surface area contributed by atoms with E-state index in [0.29, 0.717) is 6.54 Å². The van der Waals surface area contributed by atoms with Crippen LogP contribution < -0.4 is 5.32 Å². The van der Waals surface area contributed by atoms with E-state index in [0.717, 1.165) is 50.5 Å². The number of nitrogens with zero attached hydrogens (tertiary/aromatic N) is 5. The molecule has 0 amide bonds. The number of aromatic nitrogens is 6. The maximum Gasteiger partial charge on any atom is 0.129 e. The second-order valence-corrected chi connectivity index (χ2v) is 7.67. The van der Waals surface area contributed by atoms with Crippen LogP contribution in [-0.4, -0.2) is 30.2 Å². The van der Waals surface area contributed by atoms with Gasteiger partial charge < -0.3 is 5.32 Å². The topological polar surface area (TPSA) is 84.3 Å². The third-order valence-corrected chi connectivity index (χ3v) is 5.69. The molecule has 27 heavy (non-hydrogen) atoms. The molecule has 136 valence electrons. The van der Waals surface area contributed by atoms with E-state index in [9.17, 15) is 0 Å². The van der Waals surface area contributed by atoms with E-state index in [1.807, 2.05) is 29.2 Å². The summed E-state index contributed by atoms with van der Waals surface area (Å²) in [6, 6.07) is 8.10. The van der Waals surface area contributed by atoms with Crippen LogP contribution in [0.2, 0.25) is 0 Å². The van der Waals surface area contributed by atoms with E-state index in [1.54, 1.807) is 6.20 Å². The number of nitrogens with one attached hydrogen (secondary N) is 2. The Morgan fingerprint density at radius 3 is 2.96 bits per heavy atom. The van der Waals surface area contributed by atoms with Crippen LogP contribution in [0.25, 0.3) is 22.3 Å². The van der Waals surface area contributed by atoms with Crippen molar-refractivity contribution in [3.05, 3.63) is 52.9 Å². The summed E-state index contributed by atoms with van der Waals surface area (Å²) in [5, 5.41) is 19.4. The molecule has 0 aliphatic heterocycles. The van der Waals surface area contributed by atoms with Gasteiger partial charge in [0.25, 0.3) is 0 Å². The van der Waals surface area contributed by atoms with Gasteiger partial charge in [0, 0.05) is 36.6 Å². The van der Waals surface area contributed by atoms with Gasteiger partial charge in [0.15, 0.2) is 0 Å². The van der Waals surface area contributed by atoms with E-state index in [1.165, 1.54) is 12.8 Å². The molecule has 1 aromatic carbocycles. The van der Waals surface area contributed by atoms with Gasteiger partial charge in [-0.1, -0.05) is 5.21 Å². The first-order valence-corrected chi connectivity index (χ1v) is 9.77. The van der Waals surface area contributed by atoms with Crippen LogP contribution in [-0.2, 0) is 13.1 Å². The third kappa shape index (κ3) is 3.21. The molecule has 1 aliphatic rings. The summed E-state index contributed by atoms with van der Waals surface area (Å²) in [5.41, 5.74) is 6.01. The zero-order chi connectivity index (χ0) is 18.2. The lowest BCUT2D eigenvalue weighted by Gasteiger charge is -2.10. The standard InChI is InChI=1S/C19H18BrN7/c20-17-15(5-6-16-19(17)25-26-27(16)11-12-3-4-12)22-9-14-10-23-24-18(14)13-2-1-7-21-8-13/h1-2,5-8,10,12,22H,3-4,9,11H2,(H,23,24). The summed E-state index contributed by atoms with van der Waals surface area (Å²) in [4.78, 5) is 4.18. The smallest absolute Gasteiger partial charge is 0.129 e. The number of halogens is 1. The fourth-order valence-corrected chi connectivity index (χ4v) is 3.77. The Hall–Kier alpha value is -2.74. The predicted molar refractivity (Wildman–Crippen MR) is 107 cm³/mol. The van der Waals surface area contributed by atoms with Gasteiger partial charge in [-0.2, -0.15) is 5.10 Å². The van der Waals surface area contributed by atoms with Crippen LogP contribution in [0, 0.1) is 5.92 Å². The Morgan fingerprint density at radius 2 is 2.15 bits per heavy atom. The fraction of sp³-hybridized carbons (Fsp3) is 0.263. The molecule has 0 bridgehead atoms. The third-order valence-electron chi connectivity index (χ3n) is 4.89. The van der Waals surface area contributed by atoms with Gasteiger partial charge in [-0.3, -0.25) is 10.1 Å². The number of hydrogen-bond donors (Lipinski definition) is 2. The number of fused-ring (bicyclic) bond motifs is 1. The lowest BCUT2D eigenvalue weighted by molar-refractivity contribution is 0.559. The second-order valence-electron chi connectivity index (χ2n) is 6.88. The molecule has 4 aromatic rings. The maximum absolute atomic E-state index is 4.37. The lowest BCUT2D eigenvalue weighted by atomic mass is 10.1. The number of pyridine rings is 1. The molecule has 5 rings (SSSR count). The summed E-state index contributed by atoms with van der Waals surface area (Å²) >= 11 is 3.69. The molecule has 0 unspecified atom stereocenters. The van der Waals surface area contributed by atoms with E-state index in [-0.39, 0.29) is 0 Å². The van der Waals surface area contributed by atoms with Gasteiger partial charge in [0.1, 0.15) is 5.52 Å². The molecule has 1 aliphatic carbocycles. The van der Waals surface area contributed by atoms with Crippen molar-refractivity contribution in [1.82, 2.24) is 30.2 Å². The van der Waals surface area contributed by atoms with Crippen LogP contribution in [0.1, 0.15) is 18.4 Å². The average Bonchev–Trinajstić information content (AvgIpc) is 3.23. The highest BCUT2D eigenvalue weighted by atomic mass is 79.9. The molecule has 3 heterocycles. The highest BCUT2D eigenvalue weighted by Gasteiger charge is 2.23. The summed E-state index contributed by atoms with van der Waals surface area (Å²) < 4.78 is 2.95. The van der Waals surface area contributed by atoms with Crippen LogP contribution in [0.4, 0.5) is 5.69 Å². The highest BCUT2D eigenvalue weighted by molar-refractivity contribution is 9.10. The maximum atomic E-state index is 4.37. The highest BCUT2D eigenvalue weighted by Crippen LogP contribution is 2.34. The normalized spacial score (nSPS) is 14.0. The quantitative estimate of drug-likeness (QED) is 0.489. The molecule has 7 nitrogen and oxygen atoms in total. The number of benzene rings is 1. The summed E-state index contributed by atoms with van der Waals surface area (Å²) in [5.74, 6) is 0.762. The van der Waals surface area contributed by atoms with Crippen molar-refractivity contribution in [2.45, 2.75) is 25.9 Å². The minimum Gasteiger partial charge on any atom is -0.380 e. The summed E-state index contributed by atoms with van der Waals surface area (Å²) in [6.45, 7) is 1.60. The lowest BCUT2D eigenvalue weighted by Crippen LogP contribution is -2.02. The van der Waals surface area contributed by atoms with Crippen molar-refractivity contribution in [1.29, 1.82) is 0 Å². The molecular formula is C19H18BrN7. The molecule has 2 N–H and O–H groups in total. The van der Waals surface area contributed by atoms with E-state index >= 15 is 0 Å². The zero-order valence-corrected chi connectivity index (χ0v) is 16.1. The molecule has 3 aromatic heterocycles. The number of anilines is 1. The van der Waals surface area contributed by atoms with Crippen LogP contribution >= 0.6 is 15.9 Å². The molecule has 0 radical (unpaired) electrons. The number of aromatic amines is 1. The molecule has 8 heteroatoms. The summed E-state index contributed by atoms with van der Waals surface area (Å²) in [6.07, 6.45) is 8.03. The number of H-pyrrole nitrogens is 1. The molecule has 0 spiro atoms. The van der Waals surface area contributed by atoms with Crippen molar-refractivity contribution in [2.24, 2.45) is 5.92 Å². The number of rotatable bonds is 6. The molecule has 1 saturated carbocycles. The first kappa shape index (κ1) is 16.4. The van der Waals surface area contributed by atoms with Crippen molar-refractivity contribution in [2.75, 3.05) is 5.32 Å². The SMILES string of the molecule is Brc1c(NCc2cn[nH]c2-c2cccnc2)ccc2c1nnn2CC1CC1. The largest absolute Gasteiger partial charge is 0.380 e. The Balaban J connectivity index is 1.38. The summed E-state index contributed by atoms with van der Waals surface area (Å²) in [7, 11) is 0. The number of hydrogen-bond acceptors (Lipinski definition) is 5. The van der Waals surface area contributed by atoms with Crippen molar-refractivity contribution in [3.63, 3.8) is 0 Å². The van der Waals surface area contributed by atoms with Gasteiger partial charge in [0.2, 0.25) is 0 Å². The van der Waals surface area contributed by atoms with E-state index in [4.69, 9.17) is 0 Å². The molecule has 0 saturated heterocycles.